The number of fused-ring (bicyclic) bond motifs is 6. The largest absolute Gasteiger partial charge is 0.493 e. The summed E-state index contributed by atoms with van der Waals surface area (Å²) in [5.74, 6) is 4.08. The molecule has 3 aliphatic heterocycles. The summed E-state index contributed by atoms with van der Waals surface area (Å²) >= 11 is 0. The third-order valence-electron chi connectivity index (χ3n) is 8.73. The second kappa shape index (κ2) is 11.9. The van der Waals surface area contributed by atoms with Crippen molar-refractivity contribution in [3.05, 3.63) is 30.3 Å². The average Bonchev–Trinajstić information content (AvgIpc) is 3.81. The van der Waals surface area contributed by atoms with Crippen molar-refractivity contribution in [2.45, 2.75) is 32.1 Å². The summed E-state index contributed by atoms with van der Waals surface area (Å²) in [6, 6.07) is 10.1. The van der Waals surface area contributed by atoms with Gasteiger partial charge in [-0.2, -0.15) is 0 Å². The molecular formula is C33H39N3O6. The van der Waals surface area contributed by atoms with Gasteiger partial charge in [0.25, 0.3) is 0 Å². The Morgan fingerprint density at radius 3 is 2.07 bits per heavy atom. The first kappa shape index (κ1) is 27.2. The van der Waals surface area contributed by atoms with Crippen LogP contribution in [0, 0.1) is 0 Å². The van der Waals surface area contributed by atoms with Crippen molar-refractivity contribution >= 4 is 32.4 Å². The van der Waals surface area contributed by atoms with E-state index < -0.39 is 0 Å². The van der Waals surface area contributed by atoms with Gasteiger partial charge in [-0.25, -0.2) is 4.98 Å². The quantitative estimate of drug-likeness (QED) is 0.168. The molecule has 0 saturated carbocycles. The lowest BCUT2D eigenvalue weighted by Crippen LogP contribution is -2.25. The Labute approximate surface area is 246 Å². The van der Waals surface area contributed by atoms with Crippen LogP contribution in [0.4, 0.5) is 0 Å². The molecule has 0 unspecified atom stereocenters. The van der Waals surface area contributed by atoms with E-state index in [4.69, 9.17) is 33.4 Å². The summed E-state index contributed by atoms with van der Waals surface area (Å²) in [5.41, 5.74) is 0.802. The fourth-order valence-corrected chi connectivity index (χ4v) is 6.53. The average molecular weight is 574 g/mol. The lowest BCUT2D eigenvalue weighted by atomic mass is 9.99. The van der Waals surface area contributed by atoms with E-state index in [0.29, 0.717) is 36.3 Å². The number of benzene rings is 3. The van der Waals surface area contributed by atoms with Gasteiger partial charge in [-0.1, -0.05) is 0 Å². The second-order valence-electron chi connectivity index (χ2n) is 11.3. The van der Waals surface area contributed by atoms with Crippen molar-refractivity contribution in [2.75, 3.05) is 73.5 Å². The molecule has 0 spiro atoms. The SMILES string of the molecule is COc1cc2c(OCCCN3CCCC3)nc3c4cc5c(cc4cc(OCCN4CCCC4)c3c2cc1OC)OCO5. The molecule has 0 bridgehead atoms. The molecule has 9 heteroatoms. The fraction of sp³-hybridized carbons (Fsp3) is 0.485. The van der Waals surface area contributed by atoms with E-state index in [1.54, 1.807) is 14.2 Å². The van der Waals surface area contributed by atoms with E-state index in [0.717, 1.165) is 76.5 Å². The minimum absolute atomic E-state index is 0.210. The van der Waals surface area contributed by atoms with Gasteiger partial charge in [-0.05, 0) is 94.0 Å². The normalized spacial score (nSPS) is 17.1. The van der Waals surface area contributed by atoms with Crippen molar-refractivity contribution in [1.82, 2.24) is 14.8 Å². The molecule has 0 N–H and O–H groups in total. The summed E-state index contributed by atoms with van der Waals surface area (Å²) in [4.78, 5) is 10.1. The summed E-state index contributed by atoms with van der Waals surface area (Å²) in [5, 5.41) is 4.67. The van der Waals surface area contributed by atoms with Crippen molar-refractivity contribution in [3.8, 4) is 34.6 Å². The maximum absolute atomic E-state index is 6.57. The number of likely N-dealkylation sites (tertiary alicyclic amines) is 2. The van der Waals surface area contributed by atoms with E-state index in [2.05, 4.69) is 15.9 Å². The number of hydrogen-bond acceptors (Lipinski definition) is 9. The number of nitrogens with zero attached hydrogens (tertiary/aromatic N) is 3. The molecule has 0 radical (unpaired) electrons. The Kier molecular flexibility index (Phi) is 7.69. The van der Waals surface area contributed by atoms with Crippen LogP contribution in [0.1, 0.15) is 32.1 Å². The van der Waals surface area contributed by atoms with E-state index in [-0.39, 0.29) is 6.79 Å². The first-order valence-electron chi connectivity index (χ1n) is 15.2. The van der Waals surface area contributed by atoms with Crippen LogP contribution < -0.4 is 28.4 Å². The van der Waals surface area contributed by atoms with Crippen LogP contribution in [0.15, 0.2) is 30.3 Å². The molecule has 2 saturated heterocycles. The number of aromatic nitrogens is 1. The standard InChI is InChI=1S/C33H39N3O6/c1-37-26-19-24-25(20-27(26)38-2)33(40-14-7-12-35-8-3-4-9-35)34-32-23-18-29-28(41-21-42-29)16-22(23)17-30(31(24)32)39-15-13-36-10-5-6-11-36/h16-20H,3-15,21H2,1-2H3. The zero-order valence-electron chi connectivity index (χ0n) is 24.6. The molecule has 1 aromatic heterocycles. The first-order valence-corrected chi connectivity index (χ1v) is 15.2. The van der Waals surface area contributed by atoms with Gasteiger partial charge in [-0.15, -0.1) is 0 Å². The van der Waals surface area contributed by atoms with Crippen LogP contribution >= 0.6 is 0 Å². The highest BCUT2D eigenvalue weighted by molar-refractivity contribution is 6.20. The molecule has 4 heterocycles. The number of ether oxygens (including phenoxy) is 6. The minimum atomic E-state index is 0.210. The third kappa shape index (κ3) is 5.20. The topological polar surface area (TPSA) is 74.8 Å². The van der Waals surface area contributed by atoms with Crippen molar-refractivity contribution < 1.29 is 28.4 Å². The maximum Gasteiger partial charge on any atom is 0.231 e. The summed E-state index contributed by atoms with van der Waals surface area (Å²) in [7, 11) is 3.31. The lowest BCUT2D eigenvalue weighted by Gasteiger charge is -2.20. The van der Waals surface area contributed by atoms with E-state index in [1.807, 2.05) is 24.3 Å². The maximum atomic E-state index is 6.57. The monoisotopic (exact) mass is 573 g/mol. The van der Waals surface area contributed by atoms with E-state index in [1.165, 1.54) is 38.8 Å². The van der Waals surface area contributed by atoms with Gasteiger partial charge in [-0.3, -0.25) is 4.90 Å². The molecule has 42 heavy (non-hydrogen) atoms. The fourth-order valence-electron chi connectivity index (χ4n) is 6.53. The summed E-state index contributed by atoms with van der Waals surface area (Å²) in [6.45, 7) is 7.92. The highest BCUT2D eigenvalue weighted by Gasteiger charge is 2.23. The highest BCUT2D eigenvalue weighted by Crippen LogP contribution is 2.46. The van der Waals surface area contributed by atoms with Gasteiger partial charge in [0.15, 0.2) is 23.0 Å². The molecule has 4 aromatic rings. The van der Waals surface area contributed by atoms with Crippen molar-refractivity contribution in [3.63, 3.8) is 0 Å². The molecule has 3 aliphatic rings. The Morgan fingerprint density at radius 1 is 0.690 bits per heavy atom. The van der Waals surface area contributed by atoms with Gasteiger partial charge in [0, 0.05) is 29.2 Å². The van der Waals surface area contributed by atoms with E-state index in [9.17, 15) is 0 Å². The zero-order chi connectivity index (χ0) is 28.5. The van der Waals surface area contributed by atoms with Crippen LogP contribution in [-0.4, -0.2) is 88.3 Å². The number of hydrogen-bond donors (Lipinski definition) is 0. The van der Waals surface area contributed by atoms with E-state index >= 15 is 0 Å². The Morgan fingerprint density at radius 2 is 1.36 bits per heavy atom. The summed E-state index contributed by atoms with van der Waals surface area (Å²) < 4.78 is 35.9. The second-order valence-corrected chi connectivity index (χ2v) is 11.3. The molecule has 222 valence electrons. The van der Waals surface area contributed by atoms with Crippen LogP contribution in [0.5, 0.6) is 34.6 Å². The molecule has 0 aliphatic carbocycles. The smallest absolute Gasteiger partial charge is 0.231 e. The molecule has 9 nitrogen and oxygen atoms in total. The lowest BCUT2D eigenvalue weighted by molar-refractivity contribution is 0.174. The number of rotatable bonds is 11. The van der Waals surface area contributed by atoms with Crippen LogP contribution in [-0.2, 0) is 0 Å². The zero-order valence-corrected chi connectivity index (χ0v) is 24.6. The van der Waals surface area contributed by atoms with Crippen LogP contribution in [0.25, 0.3) is 32.4 Å². The Balaban J connectivity index is 1.35. The van der Waals surface area contributed by atoms with Crippen LogP contribution in [0.2, 0.25) is 0 Å². The van der Waals surface area contributed by atoms with Gasteiger partial charge in [0.2, 0.25) is 12.7 Å². The van der Waals surface area contributed by atoms with Gasteiger partial charge in [0.1, 0.15) is 12.4 Å². The Bertz CT molecular complexity index is 1600. The minimum Gasteiger partial charge on any atom is -0.493 e. The molecule has 0 amide bonds. The highest BCUT2D eigenvalue weighted by atomic mass is 16.7. The molecule has 3 aromatic carbocycles. The van der Waals surface area contributed by atoms with Gasteiger partial charge in [0.05, 0.1) is 31.7 Å². The number of methoxy groups -OCH3 is 2. The van der Waals surface area contributed by atoms with Gasteiger partial charge < -0.3 is 33.3 Å². The molecule has 2 fully saturated rings. The molecule has 0 atom stereocenters. The van der Waals surface area contributed by atoms with Crippen molar-refractivity contribution in [2.24, 2.45) is 0 Å². The summed E-state index contributed by atoms with van der Waals surface area (Å²) in [6.07, 6.45) is 6.01. The predicted molar refractivity (Wildman–Crippen MR) is 163 cm³/mol. The number of pyridine rings is 1. The van der Waals surface area contributed by atoms with Crippen molar-refractivity contribution in [1.29, 1.82) is 0 Å². The molecule has 7 rings (SSSR count). The third-order valence-corrected chi connectivity index (χ3v) is 8.73. The molecular weight excluding hydrogens is 534 g/mol. The first-order chi connectivity index (χ1) is 20.7. The van der Waals surface area contributed by atoms with Gasteiger partial charge >= 0.3 is 0 Å². The Hall–Kier alpha value is -3.69. The predicted octanol–water partition coefficient (Wildman–Crippen LogP) is 5.63. The van der Waals surface area contributed by atoms with Crippen LogP contribution in [0.3, 0.4) is 0 Å².